The molecular formula is C10H14N2O2. The van der Waals surface area contributed by atoms with Crippen LogP contribution in [0.1, 0.15) is 11.7 Å². The third-order valence-electron chi connectivity index (χ3n) is 2.27. The van der Waals surface area contributed by atoms with Crippen molar-refractivity contribution in [1.82, 2.24) is 10.3 Å². The minimum Gasteiger partial charge on any atom is -0.481 e. The van der Waals surface area contributed by atoms with Gasteiger partial charge in [0.05, 0.1) is 19.8 Å². The van der Waals surface area contributed by atoms with Crippen LogP contribution >= 0.6 is 0 Å². The molecule has 76 valence electrons. The predicted molar refractivity (Wildman–Crippen MR) is 52.4 cm³/mol. The molecule has 1 N–H and O–H groups in total. The summed E-state index contributed by atoms with van der Waals surface area (Å²) in [6.45, 7) is 2.55. The lowest BCUT2D eigenvalue weighted by Crippen LogP contribution is -2.33. The fraction of sp³-hybridized carbons (Fsp3) is 0.500. The number of nitrogens with one attached hydrogen (secondary N) is 1. The van der Waals surface area contributed by atoms with Crippen molar-refractivity contribution in [3.63, 3.8) is 0 Å². The summed E-state index contributed by atoms with van der Waals surface area (Å²) in [7, 11) is 1.61. The van der Waals surface area contributed by atoms with E-state index < -0.39 is 0 Å². The number of rotatable bonds is 2. The van der Waals surface area contributed by atoms with E-state index in [0.717, 1.165) is 25.3 Å². The van der Waals surface area contributed by atoms with Gasteiger partial charge >= 0.3 is 0 Å². The van der Waals surface area contributed by atoms with Gasteiger partial charge in [-0.1, -0.05) is 0 Å². The Morgan fingerprint density at radius 1 is 1.57 bits per heavy atom. The summed E-state index contributed by atoms with van der Waals surface area (Å²) in [4.78, 5) is 4.14. The molecule has 2 rings (SSSR count). The molecule has 0 bridgehead atoms. The van der Waals surface area contributed by atoms with E-state index in [1.165, 1.54) is 0 Å². The highest BCUT2D eigenvalue weighted by atomic mass is 16.5. The second-order valence-electron chi connectivity index (χ2n) is 3.20. The van der Waals surface area contributed by atoms with E-state index in [1.807, 2.05) is 12.1 Å². The summed E-state index contributed by atoms with van der Waals surface area (Å²) >= 11 is 0. The second-order valence-corrected chi connectivity index (χ2v) is 3.20. The highest BCUT2D eigenvalue weighted by Crippen LogP contribution is 2.19. The Morgan fingerprint density at radius 2 is 2.50 bits per heavy atom. The van der Waals surface area contributed by atoms with Crippen LogP contribution in [0, 0.1) is 0 Å². The summed E-state index contributed by atoms with van der Waals surface area (Å²) in [5.74, 6) is 0.637. The van der Waals surface area contributed by atoms with Gasteiger partial charge in [0.1, 0.15) is 0 Å². The van der Waals surface area contributed by atoms with Gasteiger partial charge in [-0.15, -0.1) is 0 Å². The van der Waals surface area contributed by atoms with Gasteiger partial charge in [-0.25, -0.2) is 4.98 Å². The summed E-state index contributed by atoms with van der Waals surface area (Å²) in [5.41, 5.74) is 1.10. The van der Waals surface area contributed by atoms with E-state index in [4.69, 9.17) is 9.47 Å². The summed E-state index contributed by atoms with van der Waals surface area (Å²) in [6.07, 6.45) is 1.93. The minimum atomic E-state index is 0.127. The highest BCUT2D eigenvalue weighted by Gasteiger charge is 2.15. The second kappa shape index (κ2) is 4.39. The number of morpholine rings is 1. The first-order chi connectivity index (χ1) is 6.90. The van der Waals surface area contributed by atoms with Gasteiger partial charge < -0.3 is 14.8 Å². The lowest BCUT2D eigenvalue weighted by molar-refractivity contribution is 0.0274. The number of hydrogen-bond acceptors (Lipinski definition) is 4. The molecule has 0 radical (unpaired) electrons. The Labute approximate surface area is 83.2 Å². The molecule has 4 nitrogen and oxygen atoms in total. The molecule has 14 heavy (non-hydrogen) atoms. The largest absolute Gasteiger partial charge is 0.481 e. The van der Waals surface area contributed by atoms with Gasteiger partial charge in [-0.05, 0) is 6.07 Å². The maximum Gasteiger partial charge on any atom is 0.212 e. The maximum atomic E-state index is 5.59. The van der Waals surface area contributed by atoms with Crippen molar-refractivity contribution in [3.05, 3.63) is 23.9 Å². The van der Waals surface area contributed by atoms with Gasteiger partial charge in [0.25, 0.3) is 0 Å². The Kier molecular flexibility index (Phi) is 2.96. The number of methoxy groups -OCH3 is 1. The van der Waals surface area contributed by atoms with Gasteiger partial charge in [0.2, 0.25) is 5.88 Å². The van der Waals surface area contributed by atoms with Crippen LogP contribution in [0.4, 0.5) is 0 Å². The topological polar surface area (TPSA) is 43.4 Å². The lowest BCUT2D eigenvalue weighted by Gasteiger charge is -2.23. The van der Waals surface area contributed by atoms with E-state index in [9.17, 15) is 0 Å². The van der Waals surface area contributed by atoms with Crippen LogP contribution in [0.3, 0.4) is 0 Å². The van der Waals surface area contributed by atoms with Crippen molar-refractivity contribution in [1.29, 1.82) is 0 Å². The van der Waals surface area contributed by atoms with E-state index >= 15 is 0 Å². The average Bonchev–Trinajstić information content (AvgIpc) is 2.30. The number of nitrogens with zero attached hydrogens (tertiary/aromatic N) is 1. The first kappa shape index (κ1) is 9.43. The molecule has 0 aliphatic carbocycles. The van der Waals surface area contributed by atoms with Gasteiger partial charge in [0, 0.05) is 30.9 Å². The van der Waals surface area contributed by atoms with Crippen molar-refractivity contribution in [3.8, 4) is 5.88 Å². The van der Waals surface area contributed by atoms with Crippen molar-refractivity contribution >= 4 is 0 Å². The molecule has 0 aromatic carbocycles. The molecule has 0 saturated carbocycles. The molecule has 1 aromatic heterocycles. The summed E-state index contributed by atoms with van der Waals surface area (Å²) in [6, 6.07) is 3.84. The molecule has 1 saturated heterocycles. The van der Waals surface area contributed by atoms with Gasteiger partial charge in [0.15, 0.2) is 0 Å². The molecule has 1 aliphatic heterocycles. The van der Waals surface area contributed by atoms with Crippen LogP contribution in [-0.2, 0) is 4.74 Å². The highest BCUT2D eigenvalue weighted by molar-refractivity contribution is 5.20. The fourth-order valence-corrected chi connectivity index (χ4v) is 1.48. The Bertz CT molecular complexity index is 281. The first-order valence-corrected chi connectivity index (χ1v) is 4.72. The number of pyridine rings is 1. The molecule has 0 unspecified atom stereocenters. The number of hydrogen-bond donors (Lipinski definition) is 1. The quantitative estimate of drug-likeness (QED) is 0.754. The lowest BCUT2D eigenvalue weighted by atomic mass is 10.1. The van der Waals surface area contributed by atoms with Crippen LogP contribution in [0.15, 0.2) is 18.3 Å². The third kappa shape index (κ3) is 2.02. The zero-order chi connectivity index (χ0) is 9.80. The first-order valence-electron chi connectivity index (χ1n) is 4.72. The Morgan fingerprint density at radius 3 is 3.07 bits per heavy atom. The molecule has 1 aliphatic rings. The van der Waals surface area contributed by atoms with Crippen LogP contribution in [0.25, 0.3) is 0 Å². The molecule has 0 spiro atoms. The van der Waals surface area contributed by atoms with Crippen molar-refractivity contribution in [2.45, 2.75) is 6.10 Å². The van der Waals surface area contributed by atoms with Crippen molar-refractivity contribution in [2.24, 2.45) is 0 Å². The summed E-state index contributed by atoms with van der Waals surface area (Å²) < 4.78 is 10.6. The van der Waals surface area contributed by atoms with E-state index in [1.54, 1.807) is 13.3 Å². The maximum absolute atomic E-state index is 5.59. The Hall–Kier alpha value is -1.13. The van der Waals surface area contributed by atoms with Crippen LogP contribution in [0.2, 0.25) is 0 Å². The standard InChI is InChI=1S/C10H14N2O2/c1-13-10-3-2-8(6-12-10)9-7-11-4-5-14-9/h2-3,6,9,11H,4-5,7H2,1H3/t9-/m1/s1. The average molecular weight is 194 g/mol. The van der Waals surface area contributed by atoms with Gasteiger partial charge in [-0.2, -0.15) is 0 Å². The molecule has 1 fully saturated rings. The fourth-order valence-electron chi connectivity index (χ4n) is 1.48. The molecule has 1 aromatic rings. The van der Waals surface area contributed by atoms with E-state index in [-0.39, 0.29) is 6.10 Å². The molecule has 4 heteroatoms. The van der Waals surface area contributed by atoms with E-state index in [2.05, 4.69) is 10.3 Å². The predicted octanol–water partition coefficient (Wildman–Crippen LogP) is 0.751. The van der Waals surface area contributed by atoms with Crippen LogP contribution in [0.5, 0.6) is 5.88 Å². The monoisotopic (exact) mass is 194 g/mol. The third-order valence-corrected chi connectivity index (χ3v) is 2.27. The minimum absolute atomic E-state index is 0.127. The van der Waals surface area contributed by atoms with Crippen molar-refractivity contribution < 1.29 is 9.47 Å². The SMILES string of the molecule is COc1ccc([C@H]2CNCCO2)cn1. The van der Waals surface area contributed by atoms with Gasteiger partial charge in [-0.3, -0.25) is 0 Å². The molecular weight excluding hydrogens is 180 g/mol. The van der Waals surface area contributed by atoms with Crippen LogP contribution < -0.4 is 10.1 Å². The number of ether oxygens (including phenoxy) is 2. The molecule has 0 amide bonds. The van der Waals surface area contributed by atoms with Crippen molar-refractivity contribution in [2.75, 3.05) is 26.8 Å². The normalized spacial score (nSPS) is 21.9. The zero-order valence-corrected chi connectivity index (χ0v) is 8.19. The molecule has 2 heterocycles. The Balaban J connectivity index is 2.07. The smallest absolute Gasteiger partial charge is 0.212 e. The molecule has 1 atom stereocenters. The van der Waals surface area contributed by atoms with Crippen LogP contribution in [-0.4, -0.2) is 31.8 Å². The van der Waals surface area contributed by atoms with E-state index in [0.29, 0.717) is 5.88 Å². The zero-order valence-electron chi connectivity index (χ0n) is 8.19. The summed E-state index contributed by atoms with van der Waals surface area (Å²) in [5, 5.41) is 3.28. The number of aromatic nitrogens is 1.